The summed E-state index contributed by atoms with van der Waals surface area (Å²) in [5, 5.41) is 0. The molecule has 0 nitrogen and oxygen atoms in total. The van der Waals surface area contributed by atoms with Gasteiger partial charge in [-0.25, -0.2) is 4.39 Å². The molecule has 0 spiro atoms. The molecule has 1 saturated carbocycles. The Balaban J connectivity index is 0.000000442. The van der Waals surface area contributed by atoms with E-state index in [0.29, 0.717) is 5.41 Å². The molecular weight excluding hydrogens is 187 g/mol. The molecule has 2 rings (SSSR count). The van der Waals surface area contributed by atoms with Gasteiger partial charge in [0.2, 0.25) is 0 Å². The molecule has 15 heavy (non-hydrogen) atoms. The van der Waals surface area contributed by atoms with Gasteiger partial charge in [0.05, 0.1) is 0 Å². The van der Waals surface area contributed by atoms with Gasteiger partial charge in [0, 0.05) is 0 Å². The minimum atomic E-state index is -0.141. The first-order valence-corrected chi connectivity index (χ1v) is 5.97. The van der Waals surface area contributed by atoms with Crippen molar-refractivity contribution in [2.24, 2.45) is 0 Å². The molecule has 0 atom stereocenters. The zero-order valence-corrected chi connectivity index (χ0v) is 10.6. The Morgan fingerprint density at radius 1 is 0.933 bits per heavy atom. The lowest BCUT2D eigenvalue weighted by molar-refractivity contribution is 0.625. The molecule has 0 heterocycles. The summed E-state index contributed by atoms with van der Waals surface area (Å²) in [4.78, 5) is 0. The quantitative estimate of drug-likeness (QED) is 0.616. The van der Waals surface area contributed by atoms with Crippen LogP contribution in [0.4, 0.5) is 4.39 Å². The second-order valence-corrected chi connectivity index (χ2v) is 3.57. The molecule has 0 aromatic heterocycles. The fourth-order valence-electron chi connectivity index (χ4n) is 1.33. The normalized spacial score (nSPS) is 15.3. The van der Waals surface area contributed by atoms with Crippen LogP contribution < -0.4 is 0 Å². The monoisotopic (exact) mass is 210 g/mol. The topological polar surface area (TPSA) is 0 Å². The lowest BCUT2D eigenvalue weighted by Gasteiger charge is -2.06. The van der Waals surface area contributed by atoms with Crippen LogP contribution in [0.2, 0.25) is 0 Å². The first kappa shape index (κ1) is 14.2. The van der Waals surface area contributed by atoms with Crippen molar-refractivity contribution >= 4 is 0 Å². The number of hydrogen-bond donors (Lipinski definition) is 0. The number of halogens is 1. The maximum absolute atomic E-state index is 12.5. The Labute approximate surface area is 93.5 Å². The van der Waals surface area contributed by atoms with Crippen LogP contribution in [0.5, 0.6) is 0 Å². The molecule has 0 amide bonds. The minimum absolute atomic E-state index is 0.141. The molecular formula is C14H23F. The highest BCUT2D eigenvalue weighted by atomic mass is 19.1. The first-order chi connectivity index (χ1) is 7.21. The van der Waals surface area contributed by atoms with Crippen molar-refractivity contribution in [2.75, 3.05) is 0 Å². The van der Waals surface area contributed by atoms with E-state index >= 15 is 0 Å². The van der Waals surface area contributed by atoms with Gasteiger partial charge in [-0.1, -0.05) is 46.8 Å². The maximum Gasteiger partial charge on any atom is 0.123 e. The third-order valence-corrected chi connectivity index (χ3v) is 2.54. The lowest BCUT2D eigenvalue weighted by Crippen LogP contribution is -1.98. The van der Waals surface area contributed by atoms with Crippen molar-refractivity contribution < 1.29 is 4.39 Å². The van der Waals surface area contributed by atoms with Crippen molar-refractivity contribution in [3.63, 3.8) is 0 Å². The second kappa shape index (κ2) is 6.60. The SMILES string of the molecule is CC.CC.CC1(c2ccc(F)cc2)CC1. The molecule has 1 aromatic rings. The van der Waals surface area contributed by atoms with Gasteiger partial charge in [-0.15, -0.1) is 0 Å². The summed E-state index contributed by atoms with van der Waals surface area (Å²) >= 11 is 0. The van der Waals surface area contributed by atoms with Crippen molar-refractivity contribution in [1.82, 2.24) is 0 Å². The van der Waals surface area contributed by atoms with Gasteiger partial charge in [-0.05, 0) is 36.0 Å². The predicted molar refractivity (Wildman–Crippen MR) is 65.7 cm³/mol. The van der Waals surface area contributed by atoms with Crippen LogP contribution in [0.3, 0.4) is 0 Å². The average molecular weight is 210 g/mol. The fourth-order valence-corrected chi connectivity index (χ4v) is 1.33. The van der Waals surface area contributed by atoms with Gasteiger partial charge in [-0.3, -0.25) is 0 Å². The Morgan fingerprint density at radius 3 is 1.67 bits per heavy atom. The Hall–Kier alpha value is -0.850. The highest BCUT2D eigenvalue weighted by Gasteiger charge is 2.38. The highest BCUT2D eigenvalue weighted by Crippen LogP contribution is 2.47. The molecule has 1 heteroatoms. The van der Waals surface area contributed by atoms with Gasteiger partial charge in [-0.2, -0.15) is 0 Å². The molecule has 1 fully saturated rings. The van der Waals surface area contributed by atoms with Crippen LogP contribution in [-0.2, 0) is 5.41 Å². The van der Waals surface area contributed by atoms with Gasteiger partial charge >= 0.3 is 0 Å². The third kappa shape index (κ3) is 4.03. The van der Waals surface area contributed by atoms with Crippen molar-refractivity contribution in [1.29, 1.82) is 0 Å². The summed E-state index contributed by atoms with van der Waals surface area (Å²) in [5.74, 6) is -0.141. The van der Waals surface area contributed by atoms with E-state index in [1.807, 2.05) is 39.8 Å². The van der Waals surface area contributed by atoms with E-state index in [1.54, 1.807) is 12.1 Å². The zero-order chi connectivity index (χ0) is 11.9. The zero-order valence-electron chi connectivity index (χ0n) is 10.6. The highest BCUT2D eigenvalue weighted by molar-refractivity contribution is 5.29. The number of hydrogen-bond acceptors (Lipinski definition) is 0. The van der Waals surface area contributed by atoms with E-state index in [2.05, 4.69) is 6.92 Å². The Bertz CT molecular complexity index is 257. The van der Waals surface area contributed by atoms with Crippen LogP contribution >= 0.6 is 0 Å². The van der Waals surface area contributed by atoms with Crippen LogP contribution in [0.25, 0.3) is 0 Å². The van der Waals surface area contributed by atoms with E-state index in [4.69, 9.17) is 0 Å². The molecule has 0 aliphatic heterocycles. The van der Waals surface area contributed by atoms with Gasteiger partial charge in [0.15, 0.2) is 0 Å². The Morgan fingerprint density at radius 2 is 1.33 bits per heavy atom. The second-order valence-electron chi connectivity index (χ2n) is 3.57. The van der Waals surface area contributed by atoms with Gasteiger partial charge in [0.25, 0.3) is 0 Å². The number of benzene rings is 1. The van der Waals surface area contributed by atoms with Gasteiger partial charge in [0.1, 0.15) is 5.82 Å². The predicted octanol–water partition coefficient (Wildman–Crippen LogP) is 4.93. The summed E-state index contributed by atoms with van der Waals surface area (Å²) in [6, 6.07) is 6.86. The van der Waals surface area contributed by atoms with Crippen molar-refractivity contribution in [3.8, 4) is 0 Å². The summed E-state index contributed by atoms with van der Waals surface area (Å²) in [6.45, 7) is 10.2. The van der Waals surface area contributed by atoms with Crippen molar-refractivity contribution in [3.05, 3.63) is 35.6 Å². The van der Waals surface area contributed by atoms with E-state index < -0.39 is 0 Å². The van der Waals surface area contributed by atoms with E-state index in [9.17, 15) is 4.39 Å². The van der Waals surface area contributed by atoms with Gasteiger partial charge < -0.3 is 0 Å². The smallest absolute Gasteiger partial charge is 0.123 e. The molecule has 0 radical (unpaired) electrons. The molecule has 1 aliphatic rings. The summed E-state index contributed by atoms with van der Waals surface area (Å²) in [7, 11) is 0. The summed E-state index contributed by atoms with van der Waals surface area (Å²) in [6.07, 6.45) is 2.50. The Kier molecular flexibility index (Phi) is 6.23. The molecule has 1 aromatic carbocycles. The van der Waals surface area contributed by atoms with Crippen LogP contribution in [0, 0.1) is 5.82 Å². The first-order valence-electron chi connectivity index (χ1n) is 5.97. The number of rotatable bonds is 1. The van der Waals surface area contributed by atoms with Crippen LogP contribution in [0.15, 0.2) is 24.3 Å². The standard InChI is InChI=1S/C10H11F.2C2H6/c1-10(6-7-10)8-2-4-9(11)5-3-8;2*1-2/h2-5H,6-7H2,1H3;2*1-2H3. The molecule has 0 saturated heterocycles. The van der Waals surface area contributed by atoms with Crippen LogP contribution in [0.1, 0.15) is 53.0 Å². The molecule has 0 bridgehead atoms. The summed E-state index contributed by atoms with van der Waals surface area (Å²) in [5.41, 5.74) is 1.65. The minimum Gasteiger partial charge on any atom is -0.207 e. The lowest BCUT2D eigenvalue weighted by atomic mass is 9.99. The maximum atomic E-state index is 12.5. The largest absolute Gasteiger partial charge is 0.207 e. The third-order valence-electron chi connectivity index (χ3n) is 2.54. The van der Waals surface area contributed by atoms with Crippen molar-refractivity contribution in [2.45, 2.75) is 52.9 Å². The molecule has 0 unspecified atom stereocenters. The molecule has 0 N–H and O–H groups in total. The molecule has 86 valence electrons. The fraction of sp³-hybridized carbons (Fsp3) is 0.571. The van der Waals surface area contributed by atoms with E-state index in [0.717, 1.165) is 0 Å². The summed E-state index contributed by atoms with van der Waals surface area (Å²) < 4.78 is 12.5. The van der Waals surface area contributed by atoms with E-state index in [-0.39, 0.29) is 5.82 Å². The van der Waals surface area contributed by atoms with E-state index in [1.165, 1.54) is 18.4 Å². The average Bonchev–Trinajstić information content (AvgIpc) is 3.04. The van der Waals surface area contributed by atoms with Crippen LogP contribution in [-0.4, -0.2) is 0 Å². The molecule has 1 aliphatic carbocycles.